The van der Waals surface area contributed by atoms with Crippen molar-refractivity contribution in [1.82, 2.24) is 10.3 Å². The van der Waals surface area contributed by atoms with Crippen molar-refractivity contribution in [1.29, 1.82) is 0 Å². The SMILES string of the molecule is CC1=C(C(=O)Nc2ccccn2)C(c2cccc(F)c2)C2=C(CC(c3cccs3)CC2=O)N1. The van der Waals surface area contributed by atoms with Gasteiger partial charge in [0.1, 0.15) is 11.6 Å². The maximum absolute atomic E-state index is 14.2. The molecule has 5 nitrogen and oxygen atoms in total. The number of hydrogen-bond acceptors (Lipinski definition) is 5. The first kappa shape index (κ1) is 21.3. The van der Waals surface area contributed by atoms with Crippen molar-refractivity contribution < 1.29 is 14.0 Å². The molecule has 166 valence electrons. The molecule has 7 heteroatoms. The number of amides is 1. The zero-order chi connectivity index (χ0) is 22.9. The predicted molar refractivity (Wildman–Crippen MR) is 126 cm³/mol. The summed E-state index contributed by atoms with van der Waals surface area (Å²) in [7, 11) is 0. The van der Waals surface area contributed by atoms with Crippen LogP contribution in [0.15, 0.2) is 88.7 Å². The molecule has 1 aliphatic heterocycles. The summed E-state index contributed by atoms with van der Waals surface area (Å²) in [5.74, 6) is -0.950. The van der Waals surface area contributed by atoms with Crippen molar-refractivity contribution in [2.24, 2.45) is 0 Å². The Labute approximate surface area is 195 Å². The molecule has 5 rings (SSSR count). The first-order valence-corrected chi connectivity index (χ1v) is 11.6. The number of halogens is 1. The molecule has 2 N–H and O–H groups in total. The number of nitrogens with zero attached hydrogens (tertiary/aromatic N) is 1. The fourth-order valence-corrected chi connectivity index (χ4v) is 5.54. The number of allylic oxidation sites excluding steroid dienone is 3. The summed E-state index contributed by atoms with van der Waals surface area (Å²) in [5.41, 5.74) is 2.98. The van der Waals surface area contributed by atoms with Gasteiger partial charge in [-0.1, -0.05) is 24.3 Å². The number of Topliss-reactive ketones (excluding diaryl/α,β-unsaturated/α-hetero) is 1. The molecule has 2 atom stereocenters. The lowest BCUT2D eigenvalue weighted by atomic mass is 9.72. The van der Waals surface area contributed by atoms with E-state index in [0.717, 1.165) is 5.70 Å². The van der Waals surface area contributed by atoms with Crippen LogP contribution >= 0.6 is 11.3 Å². The Morgan fingerprint density at radius 1 is 1.15 bits per heavy atom. The molecule has 3 heterocycles. The van der Waals surface area contributed by atoms with Gasteiger partial charge in [-0.25, -0.2) is 9.37 Å². The average molecular weight is 460 g/mol. The quantitative estimate of drug-likeness (QED) is 0.557. The molecule has 2 aromatic heterocycles. The van der Waals surface area contributed by atoms with Crippen LogP contribution in [-0.4, -0.2) is 16.7 Å². The molecule has 0 radical (unpaired) electrons. The van der Waals surface area contributed by atoms with Crippen LogP contribution in [0.3, 0.4) is 0 Å². The number of carbonyl (C=O) groups excluding carboxylic acids is 2. The lowest BCUT2D eigenvalue weighted by Crippen LogP contribution is -2.37. The van der Waals surface area contributed by atoms with E-state index in [1.165, 1.54) is 17.0 Å². The van der Waals surface area contributed by atoms with Crippen molar-refractivity contribution >= 4 is 28.8 Å². The Bertz CT molecular complexity index is 1280. The highest BCUT2D eigenvalue weighted by molar-refractivity contribution is 7.10. The first-order valence-electron chi connectivity index (χ1n) is 10.8. The van der Waals surface area contributed by atoms with Gasteiger partial charge in [0, 0.05) is 51.9 Å². The zero-order valence-electron chi connectivity index (χ0n) is 18.0. The molecule has 3 aromatic rings. The van der Waals surface area contributed by atoms with Crippen molar-refractivity contribution in [3.05, 3.63) is 105 Å². The maximum atomic E-state index is 14.2. The van der Waals surface area contributed by atoms with Gasteiger partial charge < -0.3 is 10.6 Å². The second-order valence-corrected chi connectivity index (χ2v) is 9.24. The van der Waals surface area contributed by atoms with Crippen LogP contribution in [0.1, 0.15) is 42.0 Å². The average Bonchev–Trinajstić information content (AvgIpc) is 3.33. The zero-order valence-corrected chi connectivity index (χ0v) is 18.8. The van der Waals surface area contributed by atoms with Gasteiger partial charge >= 0.3 is 0 Å². The van der Waals surface area contributed by atoms with E-state index in [1.54, 1.807) is 47.9 Å². The van der Waals surface area contributed by atoms with Crippen molar-refractivity contribution in [3.8, 4) is 0 Å². The molecule has 2 unspecified atom stereocenters. The lowest BCUT2D eigenvalue weighted by Gasteiger charge is -2.36. The van der Waals surface area contributed by atoms with Gasteiger partial charge in [0.25, 0.3) is 5.91 Å². The number of carbonyl (C=O) groups is 2. The standard InChI is InChI=1S/C26H22FN3O2S/c1-15-23(26(32)30-22-9-2-3-10-28-22)24(16-6-4-7-18(27)12-16)25-19(29-15)13-17(14-20(25)31)21-8-5-11-33-21/h2-12,17,24,29H,13-14H2,1H3,(H,28,30,32). The summed E-state index contributed by atoms with van der Waals surface area (Å²) in [6.45, 7) is 1.82. The van der Waals surface area contributed by atoms with Gasteiger partial charge in [-0.05, 0) is 54.6 Å². The van der Waals surface area contributed by atoms with E-state index in [2.05, 4.69) is 21.7 Å². The number of thiophene rings is 1. The number of dihydropyridines is 1. The number of rotatable bonds is 4. The molecule has 1 aliphatic carbocycles. The molecular weight excluding hydrogens is 437 g/mol. The molecule has 0 spiro atoms. The minimum Gasteiger partial charge on any atom is -0.362 e. The van der Waals surface area contributed by atoms with E-state index >= 15 is 0 Å². The monoisotopic (exact) mass is 459 g/mol. The van der Waals surface area contributed by atoms with Gasteiger partial charge in [0.2, 0.25) is 0 Å². The Morgan fingerprint density at radius 3 is 2.76 bits per heavy atom. The molecule has 1 amide bonds. The molecule has 1 aromatic carbocycles. The van der Waals surface area contributed by atoms with Crippen LogP contribution in [0, 0.1) is 5.82 Å². The highest BCUT2D eigenvalue weighted by atomic mass is 32.1. The van der Waals surface area contributed by atoms with Crippen LogP contribution in [0.2, 0.25) is 0 Å². The number of anilines is 1. The summed E-state index contributed by atoms with van der Waals surface area (Å²) in [4.78, 5) is 32.2. The smallest absolute Gasteiger partial charge is 0.255 e. The molecule has 2 aliphatic rings. The number of hydrogen-bond donors (Lipinski definition) is 2. The van der Waals surface area contributed by atoms with Gasteiger partial charge in [0.05, 0.1) is 0 Å². The van der Waals surface area contributed by atoms with E-state index in [0.29, 0.717) is 41.1 Å². The third-order valence-corrected chi connectivity index (χ3v) is 7.14. The highest BCUT2D eigenvalue weighted by Gasteiger charge is 2.41. The summed E-state index contributed by atoms with van der Waals surface area (Å²) in [5, 5.41) is 8.18. The second kappa shape index (κ2) is 8.75. The minimum atomic E-state index is -0.655. The van der Waals surface area contributed by atoms with Crippen LogP contribution in [-0.2, 0) is 9.59 Å². The van der Waals surface area contributed by atoms with Gasteiger partial charge in [-0.15, -0.1) is 11.3 Å². The van der Waals surface area contributed by atoms with Crippen LogP contribution in [0.25, 0.3) is 0 Å². The molecular formula is C26H22FN3O2S. The normalized spacial score (nSPS) is 20.4. The molecule has 0 saturated carbocycles. The van der Waals surface area contributed by atoms with Crippen LogP contribution in [0.5, 0.6) is 0 Å². The largest absolute Gasteiger partial charge is 0.362 e. The Hall–Kier alpha value is -3.58. The van der Waals surface area contributed by atoms with Gasteiger partial charge in [-0.2, -0.15) is 0 Å². The van der Waals surface area contributed by atoms with E-state index in [9.17, 15) is 14.0 Å². The third kappa shape index (κ3) is 4.12. The highest BCUT2D eigenvalue weighted by Crippen LogP contribution is 2.46. The molecule has 0 bridgehead atoms. The Kier molecular flexibility index (Phi) is 5.64. The van der Waals surface area contributed by atoms with Crippen LogP contribution in [0.4, 0.5) is 10.2 Å². The van der Waals surface area contributed by atoms with E-state index in [-0.39, 0.29) is 17.6 Å². The van der Waals surface area contributed by atoms with E-state index in [1.807, 2.05) is 18.4 Å². The fraction of sp³-hybridized carbons (Fsp3) is 0.192. The van der Waals surface area contributed by atoms with Crippen LogP contribution < -0.4 is 10.6 Å². The summed E-state index contributed by atoms with van der Waals surface area (Å²) in [6, 6.07) is 15.4. The second-order valence-electron chi connectivity index (χ2n) is 8.26. The summed E-state index contributed by atoms with van der Waals surface area (Å²) in [6.07, 6.45) is 2.62. The lowest BCUT2D eigenvalue weighted by molar-refractivity contribution is -0.116. The maximum Gasteiger partial charge on any atom is 0.255 e. The number of aromatic nitrogens is 1. The van der Waals surface area contributed by atoms with Crippen molar-refractivity contribution in [2.45, 2.75) is 31.6 Å². The summed E-state index contributed by atoms with van der Waals surface area (Å²) < 4.78 is 14.2. The van der Waals surface area contributed by atoms with E-state index < -0.39 is 11.7 Å². The number of pyridine rings is 1. The number of benzene rings is 1. The predicted octanol–water partition coefficient (Wildman–Crippen LogP) is 5.28. The summed E-state index contributed by atoms with van der Waals surface area (Å²) >= 11 is 1.64. The third-order valence-electron chi connectivity index (χ3n) is 6.11. The Morgan fingerprint density at radius 2 is 2.03 bits per heavy atom. The molecule has 0 fully saturated rings. The van der Waals surface area contributed by atoms with E-state index in [4.69, 9.17) is 0 Å². The topological polar surface area (TPSA) is 71.1 Å². The molecule has 33 heavy (non-hydrogen) atoms. The van der Waals surface area contributed by atoms with Gasteiger partial charge in [-0.3, -0.25) is 9.59 Å². The first-order chi connectivity index (χ1) is 16.0. The Balaban J connectivity index is 1.58. The van der Waals surface area contributed by atoms with Crippen molar-refractivity contribution in [2.75, 3.05) is 5.32 Å². The number of ketones is 1. The molecule has 0 saturated heterocycles. The fourth-order valence-electron chi connectivity index (χ4n) is 4.70. The van der Waals surface area contributed by atoms with Gasteiger partial charge in [0.15, 0.2) is 5.78 Å². The van der Waals surface area contributed by atoms with Crippen molar-refractivity contribution in [3.63, 3.8) is 0 Å². The minimum absolute atomic E-state index is 0.0213. The number of nitrogens with one attached hydrogen (secondary N) is 2.